The standard InChI is InChI=1S/C24H25NO6/c1-22(2,3)25-20(28)17-18(21(25)29)24-10-9-23(17,12-16(26)30-4)11-14(24)19(27)13-7-5-6-8-15(13)31-24/h5-8,11,17-18H,9-10,12H2,1-4H3/t17-,18+,23+,24+/m0/s1. The Morgan fingerprint density at radius 3 is 2.48 bits per heavy atom. The molecule has 2 bridgehead atoms. The largest absolute Gasteiger partial charge is 0.481 e. The highest BCUT2D eigenvalue weighted by Crippen LogP contribution is 2.65. The van der Waals surface area contributed by atoms with Crippen molar-refractivity contribution in [3.63, 3.8) is 0 Å². The van der Waals surface area contributed by atoms with Gasteiger partial charge in [-0.05, 0) is 45.7 Å². The van der Waals surface area contributed by atoms with Crippen molar-refractivity contribution in [2.24, 2.45) is 17.3 Å². The van der Waals surface area contributed by atoms with Gasteiger partial charge in [0.25, 0.3) is 0 Å². The number of hydrogen-bond acceptors (Lipinski definition) is 6. The Morgan fingerprint density at radius 2 is 1.81 bits per heavy atom. The second-order valence-electron chi connectivity index (χ2n) is 10.00. The minimum absolute atomic E-state index is 0.0593. The number of nitrogens with zero attached hydrogens (tertiary/aromatic N) is 1. The van der Waals surface area contributed by atoms with E-state index < -0.39 is 34.4 Å². The zero-order chi connectivity index (χ0) is 22.3. The molecule has 1 saturated carbocycles. The van der Waals surface area contributed by atoms with Gasteiger partial charge in [0.15, 0.2) is 5.78 Å². The number of esters is 1. The number of amides is 2. The number of benzene rings is 1. The summed E-state index contributed by atoms with van der Waals surface area (Å²) >= 11 is 0. The highest BCUT2D eigenvalue weighted by molar-refractivity contribution is 6.16. The summed E-state index contributed by atoms with van der Waals surface area (Å²) in [6, 6.07) is 6.96. The summed E-state index contributed by atoms with van der Waals surface area (Å²) in [5.74, 6) is -2.51. The van der Waals surface area contributed by atoms with E-state index in [0.29, 0.717) is 29.7 Å². The topological polar surface area (TPSA) is 90.0 Å². The number of likely N-dealkylation sites (tertiary alicyclic amines) is 1. The fourth-order valence-electron chi connectivity index (χ4n) is 6.08. The molecular formula is C24H25NO6. The van der Waals surface area contributed by atoms with Gasteiger partial charge in [0.05, 0.1) is 30.9 Å². The summed E-state index contributed by atoms with van der Waals surface area (Å²) in [4.78, 5) is 54.6. The average Bonchev–Trinajstić information content (AvgIpc) is 3.01. The van der Waals surface area contributed by atoms with E-state index in [4.69, 9.17) is 9.47 Å². The Bertz CT molecular complexity index is 1080. The van der Waals surface area contributed by atoms with Gasteiger partial charge in [0.2, 0.25) is 11.8 Å². The summed E-state index contributed by atoms with van der Waals surface area (Å²) < 4.78 is 11.4. The number of ketones is 1. The number of Topliss-reactive ketones (excluding diaryl/α,β-unsaturated/α-hetero) is 1. The van der Waals surface area contributed by atoms with Gasteiger partial charge in [-0.25, -0.2) is 0 Å². The van der Waals surface area contributed by atoms with Crippen molar-refractivity contribution >= 4 is 23.6 Å². The number of rotatable bonds is 2. The number of ether oxygens (including phenoxy) is 2. The molecule has 2 fully saturated rings. The molecule has 1 aromatic carbocycles. The minimum Gasteiger partial charge on any atom is -0.481 e. The molecule has 2 amide bonds. The van der Waals surface area contributed by atoms with Crippen LogP contribution in [-0.2, 0) is 19.1 Å². The maximum atomic E-state index is 13.7. The third-order valence-electron chi connectivity index (χ3n) is 7.32. The first-order chi connectivity index (χ1) is 14.6. The molecule has 4 atom stereocenters. The zero-order valence-electron chi connectivity index (χ0n) is 18.1. The van der Waals surface area contributed by atoms with Crippen molar-refractivity contribution in [1.29, 1.82) is 0 Å². The molecule has 0 unspecified atom stereocenters. The normalized spacial score (nSPS) is 33.4. The molecular weight excluding hydrogens is 398 g/mol. The van der Waals surface area contributed by atoms with Gasteiger partial charge < -0.3 is 9.47 Å². The van der Waals surface area contributed by atoms with Crippen LogP contribution in [0.4, 0.5) is 0 Å². The van der Waals surface area contributed by atoms with Crippen molar-refractivity contribution in [2.45, 2.75) is 51.2 Å². The van der Waals surface area contributed by atoms with E-state index in [0.717, 1.165) is 0 Å². The van der Waals surface area contributed by atoms with Crippen molar-refractivity contribution in [3.05, 3.63) is 41.5 Å². The van der Waals surface area contributed by atoms with E-state index in [1.165, 1.54) is 12.0 Å². The monoisotopic (exact) mass is 423 g/mol. The van der Waals surface area contributed by atoms with Gasteiger partial charge in [0, 0.05) is 16.5 Å². The highest BCUT2D eigenvalue weighted by Gasteiger charge is 2.74. The zero-order valence-corrected chi connectivity index (χ0v) is 18.1. The van der Waals surface area contributed by atoms with Crippen LogP contribution in [0.25, 0.3) is 0 Å². The molecule has 0 aromatic heterocycles. The first kappa shape index (κ1) is 20.0. The first-order valence-electron chi connectivity index (χ1n) is 10.6. The summed E-state index contributed by atoms with van der Waals surface area (Å²) in [6.07, 6.45) is 2.54. The predicted octanol–water partition coefficient (Wildman–Crippen LogP) is 2.68. The maximum absolute atomic E-state index is 13.7. The van der Waals surface area contributed by atoms with Gasteiger partial charge in [-0.3, -0.25) is 24.1 Å². The van der Waals surface area contributed by atoms with Crippen LogP contribution in [0.3, 0.4) is 0 Å². The van der Waals surface area contributed by atoms with Crippen LogP contribution in [0.5, 0.6) is 5.75 Å². The maximum Gasteiger partial charge on any atom is 0.306 e. The highest BCUT2D eigenvalue weighted by atomic mass is 16.5. The van der Waals surface area contributed by atoms with Crippen LogP contribution < -0.4 is 4.74 Å². The number of fused-ring (bicyclic) bond motifs is 2. The Morgan fingerprint density at radius 1 is 1.13 bits per heavy atom. The molecule has 162 valence electrons. The van der Waals surface area contributed by atoms with E-state index in [9.17, 15) is 19.2 Å². The Balaban J connectivity index is 1.75. The third kappa shape index (κ3) is 2.40. The molecule has 2 aliphatic heterocycles. The van der Waals surface area contributed by atoms with Crippen LogP contribution >= 0.6 is 0 Å². The lowest BCUT2D eigenvalue weighted by atomic mass is 9.48. The van der Waals surface area contributed by atoms with Crippen LogP contribution in [0.15, 0.2) is 35.9 Å². The van der Waals surface area contributed by atoms with Crippen LogP contribution in [0.2, 0.25) is 0 Å². The summed E-state index contributed by atoms with van der Waals surface area (Å²) in [5.41, 5.74) is -2.06. The molecule has 7 nitrogen and oxygen atoms in total. The van der Waals surface area contributed by atoms with E-state index in [-0.39, 0.29) is 24.0 Å². The smallest absolute Gasteiger partial charge is 0.306 e. The van der Waals surface area contributed by atoms with Gasteiger partial charge >= 0.3 is 5.97 Å². The van der Waals surface area contributed by atoms with Gasteiger partial charge in [0.1, 0.15) is 11.4 Å². The number of carbonyl (C=O) groups excluding carboxylic acids is 4. The molecule has 5 aliphatic rings. The average molecular weight is 423 g/mol. The first-order valence-corrected chi connectivity index (χ1v) is 10.6. The Hall–Kier alpha value is -2.96. The van der Waals surface area contributed by atoms with Crippen LogP contribution in [-0.4, -0.2) is 46.7 Å². The van der Waals surface area contributed by atoms with Crippen LogP contribution in [0.1, 0.15) is 50.4 Å². The van der Waals surface area contributed by atoms with Crippen LogP contribution in [0, 0.1) is 17.3 Å². The molecule has 1 spiro atoms. The molecule has 2 heterocycles. The second-order valence-corrected chi connectivity index (χ2v) is 10.00. The van der Waals surface area contributed by atoms with Crippen molar-refractivity contribution in [3.8, 4) is 5.75 Å². The van der Waals surface area contributed by atoms with Crippen molar-refractivity contribution < 1.29 is 28.7 Å². The lowest BCUT2D eigenvalue weighted by molar-refractivity contribution is -0.154. The van der Waals surface area contributed by atoms with Crippen molar-refractivity contribution in [2.75, 3.05) is 7.11 Å². The fourth-order valence-corrected chi connectivity index (χ4v) is 6.08. The SMILES string of the molecule is COC(=O)C[C@]12C=C3C(=O)c4ccccc4O[C@@]3(CC1)[C@H]1C(=O)N(C(C)(C)C)C(=O)[C@H]12. The molecule has 7 heteroatoms. The van der Waals surface area contributed by atoms with E-state index in [1.807, 2.05) is 20.8 Å². The number of allylic oxidation sites excluding steroid dienone is 1. The van der Waals surface area contributed by atoms with E-state index in [2.05, 4.69) is 0 Å². The quantitative estimate of drug-likeness (QED) is 0.537. The molecule has 0 radical (unpaired) electrons. The van der Waals surface area contributed by atoms with Crippen molar-refractivity contribution in [1.82, 2.24) is 4.90 Å². The Kier molecular flexibility index (Phi) is 3.90. The lowest BCUT2D eigenvalue weighted by Gasteiger charge is -2.57. The fraction of sp³-hybridized carbons (Fsp3) is 0.500. The number of imide groups is 1. The number of methoxy groups -OCH3 is 1. The molecule has 6 rings (SSSR count). The molecule has 1 aromatic rings. The van der Waals surface area contributed by atoms with Gasteiger partial charge in [-0.15, -0.1) is 0 Å². The number of carbonyl (C=O) groups is 4. The predicted molar refractivity (Wildman–Crippen MR) is 109 cm³/mol. The number of hydrogen-bond donors (Lipinski definition) is 0. The Labute approximate surface area is 180 Å². The summed E-state index contributed by atoms with van der Waals surface area (Å²) in [5, 5.41) is 0. The van der Waals surface area contributed by atoms with E-state index >= 15 is 0 Å². The summed E-state index contributed by atoms with van der Waals surface area (Å²) in [7, 11) is 1.30. The van der Waals surface area contributed by atoms with Gasteiger partial charge in [-0.1, -0.05) is 18.2 Å². The second kappa shape index (κ2) is 6.05. The number of para-hydroxylation sites is 1. The third-order valence-corrected chi connectivity index (χ3v) is 7.32. The minimum atomic E-state index is -1.19. The van der Waals surface area contributed by atoms with Gasteiger partial charge in [-0.2, -0.15) is 0 Å². The lowest BCUT2D eigenvalue weighted by Crippen LogP contribution is -2.64. The van der Waals surface area contributed by atoms with E-state index in [1.54, 1.807) is 30.3 Å². The molecule has 3 aliphatic carbocycles. The molecule has 31 heavy (non-hydrogen) atoms. The molecule has 0 N–H and O–H groups in total. The molecule has 1 saturated heterocycles. The summed E-state index contributed by atoms with van der Waals surface area (Å²) in [6.45, 7) is 5.43.